The van der Waals surface area contributed by atoms with E-state index in [4.69, 9.17) is 0 Å². The second kappa shape index (κ2) is 7.47. The number of hydrogen-bond donors (Lipinski definition) is 1. The van der Waals surface area contributed by atoms with Gasteiger partial charge in [0.25, 0.3) is 0 Å². The fourth-order valence-corrected chi connectivity index (χ4v) is 3.67. The number of carbonyl (C=O) groups excluding carboxylic acids is 1. The molecule has 0 unspecified atom stereocenters. The van der Waals surface area contributed by atoms with Crippen molar-refractivity contribution in [1.29, 1.82) is 0 Å². The Kier molecular flexibility index (Phi) is 4.63. The van der Waals surface area contributed by atoms with Crippen LogP contribution in [-0.2, 0) is 11.3 Å². The molecule has 1 N–H and O–H groups in total. The number of carbonyl (C=O) groups is 1. The predicted molar refractivity (Wildman–Crippen MR) is 116 cm³/mol. The normalized spacial score (nSPS) is 11.3. The second-order valence-electron chi connectivity index (χ2n) is 6.83. The van der Waals surface area contributed by atoms with E-state index in [0.717, 1.165) is 14.7 Å². The Labute approximate surface area is 182 Å². The van der Waals surface area contributed by atoms with Gasteiger partial charge in [-0.3, -0.25) is 4.79 Å². The topological polar surface area (TPSA) is 85.7 Å². The van der Waals surface area contributed by atoms with Crippen molar-refractivity contribution in [2.75, 3.05) is 5.32 Å². The highest BCUT2D eigenvalue weighted by molar-refractivity contribution is 9.10. The molecule has 0 radical (unpaired) electrons. The molecule has 3 heterocycles. The minimum atomic E-state index is -0.440. The lowest BCUT2D eigenvalue weighted by molar-refractivity contribution is -0.117. The van der Waals surface area contributed by atoms with Crippen LogP contribution in [0.1, 0.15) is 0 Å². The first-order valence-electron chi connectivity index (χ1n) is 9.27. The van der Waals surface area contributed by atoms with E-state index >= 15 is 0 Å². The Morgan fingerprint density at radius 1 is 1.06 bits per heavy atom. The van der Waals surface area contributed by atoms with Crippen LogP contribution in [0.5, 0.6) is 0 Å². The maximum Gasteiger partial charge on any atom is 0.350 e. The molecule has 8 nitrogen and oxygen atoms in total. The van der Waals surface area contributed by atoms with E-state index in [-0.39, 0.29) is 18.3 Å². The standard InChI is InChI=1S/C21H14BrFN6O2/c22-15-3-1-2-4-16(15)24-19(30)12-29-21(31)27-9-10-28-18(20(27)26-29)11-17(25-28)13-5-7-14(23)8-6-13/h1-11H,12H2,(H,24,30). The minimum absolute atomic E-state index is 0.243. The molecule has 31 heavy (non-hydrogen) atoms. The third-order valence-corrected chi connectivity index (χ3v) is 5.47. The summed E-state index contributed by atoms with van der Waals surface area (Å²) in [5.41, 5.74) is 2.46. The maximum atomic E-state index is 13.2. The number of aromatic nitrogens is 5. The molecule has 5 rings (SSSR count). The number of benzene rings is 2. The minimum Gasteiger partial charge on any atom is -0.323 e. The van der Waals surface area contributed by atoms with E-state index in [1.807, 2.05) is 12.1 Å². The van der Waals surface area contributed by atoms with Crippen molar-refractivity contribution in [1.82, 2.24) is 23.8 Å². The Morgan fingerprint density at radius 2 is 1.84 bits per heavy atom. The van der Waals surface area contributed by atoms with E-state index in [1.165, 1.54) is 16.5 Å². The van der Waals surface area contributed by atoms with Gasteiger partial charge >= 0.3 is 5.69 Å². The fraction of sp³-hybridized carbons (Fsp3) is 0.0476. The van der Waals surface area contributed by atoms with Crippen LogP contribution in [0, 0.1) is 5.82 Å². The van der Waals surface area contributed by atoms with Crippen LogP contribution in [0.2, 0.25) is 0 Å². The number of fused-ring (bicyclic) bond motifs is 3. The monoisotopic (exact) mass is 480 g/mol. The fourth-order valence-electron chi connectivity index (χ4n) is 3.29. The molecule has 0 fully saturated rings. The molecule has 0 aliphatic heterocycles. The van der Waals surface area contributed by atoms with Crippen LogP contribution >= 0.6 is 15.9 Å². The summed E-state index contributed by atoms with van der Waals surface area (Å²) in [6.45, 7) is -0.243. The summed E-state index contributed by atoms with van der Waals surface area (Å²) in [7, 11) is 0. The van der Waals surface area contributed by atoms with Crippen molar-refractivity contribution in [3.05, 3.63) is 87.8 Å². The Balaban J connectivity index is 1.50. The van der Waals surface area contributed by atoms with Crippen LogP contribution in [-0.4, -0.2) is 29.7 Å². The molecule has 10 heteroatoms. The van der Waals surface area contributed by atoms with Gasteiger partial charge in [-0.05, 0) is 58.4 Å². The van der Waals surface area contributed by atoms with Gasteiger partial charge in [0.1, 0.15) is 17.9 Å². The summed E-state index contributed by atoms with van der Waals surface area (Å²) in [6.07, 6.45) is 3.17. The first-order valence-corrected chi connectivity index (χ1v) is 10.1. The van der Waals surface area contributed by atoms with Crippen LogP contribution < -0.4 is 11.0 Å². The summed E-state index contributed by atoms with van der Waals surface area (Å²) < 4.78 is 18.0. The van der Waals surface area contributed by atoms with E-state index < -0.39 is 5.69 Å². The van der Waals surface area contributed by atoms with Gasteiger partial charge in [0, 0.05) is 22.4 Å². The van der Waals surface area contributed by atoms with Crippen molar-refractivity contribution >= 4 is 38.7 Å². The van der Waals surface area contributed by atoms with Crippen molar-refractivity contribution in [3.8, 4) is 11.3 Å². The molecule has 0 saturated carbocycles. The first-order chi connectivity index (χ1) is 15.0. The van der Waals surface area contributed by atoms with Gasteiger partial charge in [-0.2, -0.15) is 5.10 Å². The molecule has 0 aliphatic carbocycles. The summed E-state index contributed by atoms with van der Waals surface area (Å²) in [6, 6.07) is 14.9. The third kappa shape index (κ3) is 3.50. The molecular weight excluding hydrogens is 467 g/mol. The molecule has 154 valence electrons. The quantitative estimate of drug-likeness (QED) is 0.427. The summed E-state index contributed by atoms with van der Waals surface area (Å²) in [5.74, 6) is -0.713. The zero-order valence-corrected chi connectivity index (χ0v) is 17.5. The van der Waals surface area contributed by atoms with E-state index in [9.17, 15) is 14.0 Å². The number of para-hydroxylation sites is 1. The van der Waals surface area contributed by atoms with Gasteiger partial charge in [0.15, 0.2) is 5.65 Å². The van der Waals surface area contributed by atoms with Gasteiger partial charge in [-0.1, -0.05) is 12.1 Å². The number of anilines is 1. The summed E-state index contributed by atoms with van der Waals surface area (Å²) in [4.78, 5) is 25.2. The van der Waals surface area contributed by atoms with Gasteiger partial charge in [0.05, 0.1) is 11.4 Å². The van der Waals surface area contributed by atoms with Crippen LogP contribution in [0.25, 0.3) is 22.4 Å². The second-order valence-corrected chi connectivity index (χ2v) is 7.68. The highest BCUT2D eigenvalue weighted by atomic mass is 79.9. The van der Waals surface area contributed by atoms with Gasteiger partial charge in [-0.15, -0.1) is 5.10 Å². The highest BCUT2D eigenvalue weighted by Crippen LogP contribution is 2.22. The summed E-state index contributed by atoms with van der Waals surface area (Å²) >= 11 is 3.37. The molecule has 0 spiro atoms. The van der Waals surface area contributed by atoms with E-state index in [2.05, 4.69) is 31.4 Å². The number of amides is 1. The highest BCUT2D eigenvalue weighted by Gasteiger charge is 2.16. The number of hydrogen-bond acceptors (Lipinski definition) is 4. The van der Waals surface area contributed by atoms with Gasteiger partial charge in [0.2, 0.25) is 5.91 Å². The lowest BCUT2D eigenvalue weighted by atomic mass is 10.1. The SMILES string of the molecule is O=C(Cn1nc2c3cc(-c4ccc(F)cc4)nn3ccn2c1=O)Nc1ccccc1Br. The van der Waals surface area contributed by atoms with E-state index in [1.54, 1.807) is 47.2 Å². The molecule has 5 aromatic rings. The lowest BCUT2D eigenvalue weighted by Crippen LogP contribution is -2.28. The Hall–Kier alpha value is -3.79. The Bertz CT molecular complexity index is 1500. The van der Waals surface area contributed by atoms with Crippen molar-refractivity contribution in [3.63, 3.8) is 0 Å². The molecule has 0 saturated heterocycles. The van der Waals surface area contributed by atoms with Gasteiger partial charge < -0.3 is 5.32 Å². The van der Waals surface area contributed by atoms with Gasteiger partial charge in [-0.25, -0.2) is 22.8 Å². The number of nitrogens with one attached hydrogen (secondary N) is 1. The molecule has 0 bridgehead atoms. The van der Waals surface area contributed by atoms with Crippen LogP contribution in [0.15, 0.2) is 76.3 Å². The van der Waals surface area contributed by atoms with E-state index in [0.29, 0.717) is 22.5 Å². The van der Waals surface area contributed by atoms with Crippen molar-refractivity contribution in [2.45, 2.75) is 6.54 Å². The zero-order valence-electron chi connectivity index (χ0n) is 15.9. The summed E-state index contributed by atoms with van der Waals surface area (Å²) in [5, 5.41) is 11.6. The molecule has 2 aromatic carbocycles. The number of halogens is 2. The lowest BCUT2D eigenvalue weighted by Gasteiger charge is -2.06. The van der Waals surface area contributed by atoms with Crippen LogP contribution in [0.4, 0.5) is 10.1 Å². The maximum absolute atomic E-state index is 13.2. The molecular formula is C21H14BrFN6O2. The predicted octanol–water partition coefficient (Wildman–Crippen LogP) is 3.35. The zero-order chi connectivity index (χ0) is 21.5. The first kappa shape index (κ1) is 19.2. The molecule has 1 amide bonds. The third-order valence-electron chi connectivity index (χ3n) is 4.77. The van der Waals surface area contributed by atoms with Crippen molar-refractivity contribution in [2.24, 2.45) is 0 Å². The average molecular weight is 481 g/mol. The molecule has 0 aliphatic rings. The number of rotatable bonds is 4. The smallest absolute Gasteiger partial charge is 0.323 e. The number of nitrogens with zero attached hydrogens (tertiary/aromatic N) is 5. The average Bonchev–Trinajstić information content (AvgIpc) is 3.32. The largest absolute Gasteiger partial charge is 0.350 e. The van der Waals surface area contributed by atoms with Crippen molar-refractivity contribution < 1.29 is 9.18 Å². The molecule has 0 atom stereocenters. The molecule has 3 aromatic heterocycles. The Morgan fingerprint density at radius 3 is 2.61 bits per heavy atom. The van der Waals surface area contributed by atoms with Crippen LogP contribution in [0.3, 0.4) is 0 Å².